The fraction of sp³-hybridized carbons (Fsp3) is 0.375. The van der Waals surface area contributed by atoms with Crippen LogP contribution in [-0.2, 0) is 10.2 Å². The number of methoxy groups -OCH3 is 2. The molecule has 2 aliphatic rings. The second kappa shape index (κ2) is 5.17. The van der Waals surface area contributed by atoms with Crippen molar-refractivity contribution < 1.29 is 9.47 Å². The predicted molar refractivity (Wildman–Crippen MR) is 84.3 cm³/mol. The SMILES string of the molecule is COC1=CC[C@@]2(C=C1)CCNc1c(OC)cc(Br)cc12. The summed E-state index contributed by atoms with van der Waals surface area (Å²) >= 11 is 3.59. The maximum absolute atomic E-state index is 5.51. The van der Waals surface area contributed by atoms with Crippen LogP contribution in [-0.4, -0.2) is 20.8 Å². The number of halogens is 1. The number of hydrogen-bond donors (Lipinski definition) is 1. The lowest BCUT2D eigenvalue weighted by Gasteiger charge is -2.39. The highest BCUT2D eigenvalue weighted by Crippen LogP contribution is 2.48. The molecule has 4 heteroatoms. The lowest BCUT2D eigenvalue weighted by atomic mass is 9.70. The highest BCUT2D eigenvalue weighted by molar-refractivity contribution is 9.10. The molecular weight excluding hydrogens is 318 g/mol. The molecule has 0 aromatic heterocycles. The Morgan fingerprint density at radius 1 is 1.25 bits per heavy atom. The normalized spacial score (nSPS) is 23.9. The molecule has 0 saturated carbocycles. The minimum Gasteiger partial charge on any atom is -0.497 e. The molecule has 0 amide bonds. The molecule has 3 rings (SSSR count). The Morgan fingerprint density at radius 2 is 2.10 bits per heavy atom. The third kappa shape index (κ3) is 2.12. The maximum Gasteiger partial charge on any atom is 0.143 e. The molecule has 1 N–H and O–H groups in total. The second-order valence-electron chi connectivity index (χ2n) is 5.21. The third-order valence-electron chi connectivity index (χ3n) is 4.17. The zero-order chi connectivity index (χ0) is 14.2. The van der Waals surface area contributed by atoms with Gasteiger partial charge in [0.1, 0.15) is 11.5 Å². The Morgan fingerprint density at radius 3 is 2.75 bits per heavy atom. The van der Waals surface area contributed by atoms with Gasteiger partial charge in [-0.2, -0.15) is 0 Å². The second-order valence-corrected chi connectivity index (χ2v) is 6.13. The molecule has 0 bridgehead atoms. The number of fused-ring (bicyclic) bond motifs is 2. The molecule has 1 aliphatic carbocycles. The average molecular weight is 336 g/mol. The Kier molecular flexibility index (Phi) is 3.50. The van der Waals surface area contributed by atoms with Gasteiger partial charge in [0.15, 0.2) is 0 Å². The first-order chi connectivity index (χ1) is 9.68. The van der Waals surface area contributed by atoms with Crippen molar-refractivity contribution in [3.05, 3.63) is 46.2 Å². The molecule has 106 valence electrons. The van der Waals surface area contributed by atoms with Gasteiger partial charge in [0.05, 0.1) is 19.9 Å². The zero-order valence-corrected chi connectivity index (χ0v) is 13.3. The van der Waals surface area contributed by atoms with Crippen LogP contribution >= 0.6 is 15.9 Å². The van der Waals surface area contributed by atoms with Crippen molar-refractivity contribution in [3.63, 3.8) is 0 Å². The van der Waals surface area contributed by atoms with Crippen molar-refractivity contribution >= 4 is 21.6 Å². The lowest BCUT2D eigenvalue weighted by Crippen LogP contribution is -2.33. The van der Waals surface area contributed by atoms with Gasteiger partial charge in [-0.25, -0.2) is 0 Å². The largest absolute Gasteiger partial charge is 0.497 e. The van der Waals surface area contributed by atoms with Gasteiger partial charge in [0.25, 0.3) is 0 Å². The Labute approximate surface area is 127 Å². The molecule has 0 saturated heterocycles. The van der Waals surface area contributed by atoms with Crippen LogP contribution in [0.2, 0.25) is 0 Å². The Bertz CT molecular complexity index is 594. The summed E-state index contributed by atoms with van der Waals surface area (Å²) < 4.78 is 11.9. The number of anilines is 1. The van der Waals surface area contributed by atoms with Gasteiger partial charge < -0.3 is 14.8 Å². The molecule has 1 aromatic rings. The molecule has 3 nitrogen and oxygen atoms in total. The Hall–Kier alpha value is -1.42. The monoisotopic (exact) mass is 335 g/mol. The van der Waals surface area contributed by atoms with E-state index in [0.717, 1.165) is 41.1 Å². The molecule has 1 heterocycles. The zero-order valence-electron chi connectivity index (χ0n) is 11.7. The van der Waals surface area contributed by atoms with Gasteiger partial charge in [0, 0.05) is 16.4 Å². The molecule has 1 atom stereocenters. The van der Waals surface area contributed by atoms with E-state index in [1.54, 1.807) is 14.2 Å². The quantitative estimate of drug-likeness (QED) is 0.885. The van der Waals surface area contributed by atoms with Crippen LogP contribution in [0.15, 0.2) is 40.6 Å². The molecule has 1 aromatic carbocycles. The standard InChI is InChI=1S/C16H18BrNO2/c1-19-12-3-5-16(6-4-12)7-8-18-15-13(16)9-11(17)10-14(15)20-2/h3-5,9-10,18H,6-8H2,1-2H3/t16-/m0/s1. The van der Waals surface area contributed by atoms with Gasteiger partial charge >= 0.3 is 0 Å². The van der Waals surface area contributed by atoms with Gasteiger partial charge in [-0.05, 0) is 42.7 Å². The summed E-state index contributed by atoms with van der Waals surface area (Å²) in [6.07, 6.45) is 8.55. The number of ether oxygens (including phenoxy) is 2. The summed E-state index contributed by atoms with van der Waals surface area (Å²) in [4.78, 5) is 0. The van der Waals surface area contributed by atoms with Crippen molar-refractivity contribution in [1.29, 1.82) is 0 Å². The van der Waals surface area contributed by atoms with Crippen LogP contribution < -0.4 is 10.1 Å². The van der Waals surface area contributed by atoms with E-state index in [1.165, 1.54) is 5.56 Å². The number of rotatable bonds is 2. The van der Waals surface area contributed by atoms with E-state index in [2.05, 4.69) is 45.5 Å². The van der Waals surface area contributed by atoms with Gasteiger partial charge in [0.2, 0.25) is 0 Å². The molecule has 0 fully saturated rings. The highest BCUT2D eigenvalue weighted by Gasteiger charge is 2.36. The molecular formula is C16H18BrNO2. The van der Waals surface area contributed by atoms with E-state index in [9.17, 15) is 0 Å². The summed E-state index contributed by atoms with van der Waals surface area (Å²) in [5, 5.41) is 3.47. The fourth-order valence-electron chi connectivity index (χ4n) is 3.06. The summed E-state index contributed by atoms with van der Waals surface area (Å²) in [7, 11) is 3.43. The first-order valence-corrected chi connectivity index (χ1v) is 7.53. The van der Waals surface area contributed by atoms with E-state index in [4.69, 9.17) is 9.47 Å². The smallest absolute Gasteiger partial charge is 0.143 e. The van der Waals surface area contributed by atoms with Crippen molar-refractivity contribution in [2.75, 3.05) is 26.1 Å². The first kappa shape index (κ1) is 13.6. The minimum absolute atomic E-state index is 0.0413. The predicted octanol–water partition coefficient (Wildman–Crippen LogP) is 4.00. The number of hydrogen-bond acceptors (Lipinski definition) is 3. The summed E-state index contributed by atoms with van der Waals surface area (Å²) in [5.41, 5.74) is 2.44. The van der Waals surface area contributed by atoms with Gasteiger partial charge in [-0.3, -0.25) is 0 Å². The van der Waals surface area contributed by atoms with Crippen LogP contribution in [0.4, 0.5) is 5.69 Å². The van der Waals surface area contributed by atoms with E-state index in [1.807, 2.05) is 6.07 Å². The first-order valence-electron chi connectivity index (χ1n) is 6.74. The summed E-state index contributed by atoms with van der Waals surface area (Å²) in [6, 6.07) is 4.20. The van der Waals surface area contributed by atoms with Gasteiger partial charge in [-0.1, -0.05) is 22.0 Å². The lowest BCUT2D eigenvalue weighted by molar-refractivity contribution is 0.298. The average Bonchev–Trinajstić information content (AvgIpc) is 2.48. The topological polar surface area (TPSA) is 30.5 Å². The number of nitrogens with one attached hydrogen (secondary N) is 1. The van der Waals surface area contributed by atoms with Crippen LogP contribution in [0.1, 0.15) is 18.4 Å². The maximum atomic E-state index is 5.51. The minimum atomic E-state index is 0.0413. The molecule has 0 unspecified atom stereocenters. The van der Waals surface area contributed by atoms with E-state index < -0.39 is 0 Å². The van der Waals surface area contributed by atoms with E-state index in [0.29, 0.717) is 0 Å². The molecule has 1 aliphatic heterocycles. The van der Waals surface area contributed by atoms with Crippen LogP contribution in [0, 0.1) is 0 Å². The molecule has 1 spiro atoms. The van der Waals surface area contributed by atoms with Crippen LogP contribution in [0.3, 0.4) is 0 Å². The van der Waals surface area contributed by atoms with Crippen molar-refractivity contribution in [2.45, 2.75) is 18.3 Å². The third-order valence-corrected chi connectivity index (χ3v) is 4.62. The van der Waals surface area contributed by atoms with E-state index in [-0.39, 0.29) is 5.41 Å². The Balaban J connectivity index is 2.09. The van der Waals surface area contributed by atoms with Crippen LogP contribution in [0.25, 0.3) is 0 Å². The summed E-state index contributed by atoms with van der Waals surface area (Å²) in [5.74, 6) is 1.83. The fourth-order valence-corrected chi connectivity index (χ4v) is 3.50. The number of benzene rings is 1. The van der Waals surface area contributed by atoms with Crippen molar-refractivity contribution in [2.24, 2.45) is 0 Å². The number of allylic oxidation sites excluding steroid dienone is 3. The van der Waals surface area contributed by atoms with Crippen molar-refractivity contribution in [1.82, 2.24) is 0 Å². The summed E-state index contributed by atoms with van der Waals surface area (Å²) in [6.45, 7) is 0.950. The molecule has 20 heavy (non-hydrogen) atoms. The van der Waals surface area contributed by atoms with Crippen molar-refractivity contribution in [3.8, 4) is 5.75 Å². The highest BCUT2D eigenvalue weighted by atomic mass is 79.9. The van der Waals surface area contributed by atoms with E-state index >= 15 is 0 Å². The molecule has 0 radical (unpaired) electrons. The van der Waals surface area contributed by atoms with Gasteiger partial charge in [-0.15, -0.1) is 0 Å². The van der Waals surface area contributed by atoms with Crippen LogP contribution in [0.5, 0.6) is 5.75 Å².